The van der Waals surface area contributed by atoms with E-state index < -0.39 is 0 Å². The first-order chi connectivity index (χ1) is 11.1. The fourth-order valence-corrected chi connectivity index (χ4v) is 3.06. The van der Waals surface area contributed by atoms with E-state index in [1.165, 1.54) is 0 Å². The van der Waals surface area contributed by atoms with Gasteiger partial charge in [0.25, 0.3) is 5.91 Å². The molecular formula is C18H26N2O3. The lowest BCUT2D eigenvalue weighted by Crippen LogP contribution is -2.53. The van der Waals surface area contributed by atoms with Crippen molar-refractivity contribution in [1.82, 2.24) is 5.32 Å². The van der Waals surface area contributed by atoms with Crippen LogP contribution < -0.4 is 15.8 Å². The monoisotopic (exact) mass is 318 g/mol. The summed E-state index contributed by atoms with van der Waals surface area (Å²) in [4.78, 5) is 12.5. The lowest BCUT2D eigenvalue weighted by Gasteiger charge is -2.29. The number of hydrogen-bond acceptors (Lipinski definition) is 4. The molecule has 23 heavy (non-hydrogen) atoms. The van der Waals surface area contributed by atoms with Crippen molar-refractivity contribution < 1.29 is 14.3 Å². The second-order valence-corrected chi connectivity index (χ2v) is 6.82. The Morgan fingerprint density at radius 2 is 2.26 bits per heavy atom. The van der Waals surface area contributed by atoms with Crippen LogP contribution in [0.1, 0.15) is 43.0 Å². The topological polar surface area (TPSA) is 73.6 Å². The quantitative estimate of drug-likeness (QED) is 0.807. The van der Waals surface area contributed by atoms with Gasteiger partial charge in [-0.15, -0.1) is 0 Å². The molecule has 1 aliphatic heterocycles. The fraction of sp³-hybridized carbons (Fsp3) is 0.611. The van der Waals surface area contributed by atoms with Crippen molar-refractivity contribution in [1.29, 1.82) is 0 Å². The van der Waals surface area contributed by atoms with E-state index in [4.69, 9.17) is 15.2 Å². The Balaban J connectivity index is 1.60. The van der Waals surface area contributed by atoms with Crippen LogP contribution in [0.25, 0.3) is 0 Å². The molecule has 1 amide bonds. The first kappa shape index (κ1) is 16.3. The molecule has 0 radical (unpaired) electrons. The maximum Gasteiger partial charge on any atom is 0.251 e. The van der Waals surface area contributed by atoms with Crippen molar-refractivity contribution in [2.45, 2.75) is 44.2 Å². The van der Waals surface area contributed by atoms with Gasteiger partial charge in [0.1, 0.15) is 12.4 Å². The second-order valence-electron chi connectivity index (χ2n) is 6.82. The van der Waals surface area contributed by atoms with Crippen LogP contribution in [0.5, 0.6) is 5.75 Å². The number of nitrogens with two attached hydrogens (primary N) is 1. The normalized spacial score (nSPS) is 23.3. The van der Waals surface area contributed by atoms with Gasteiger partial charge in [-0.2, -0.15) is 0 Å². The van der Waals surface area contributed by atoms with Crippen LogP contribution in [-0.4, -0.2) is 37.3 Å². The molecule has 5 heteroatoms. The third-order valence-electron chi connectivity index (χ3n) is 4.86. The van der Waals surface area contributed by atoms with Crippen LogP contribution in [0.4, 0.5) is 0 Å². The molecule has 2 unspecified atom stereocenters. The first-order valence-corrected chi connectivity index (χ1v) is 8.48. The zero-order valence-corrected chi connectivity index (χ0v) is 13.7. The Kier molecular flexibility index (Phi) is 4.87. The number of nitrogens with one attached hydrogen (secondary N) is 1. The van der Waals surface area contributed by atoms with Gasteiger partial charge in [0.15, 0.2) is 0 Å². The molecule has 2 atom stereocenters. The molecule has 0 bridgehead atoms. The van der Waals surface area contributed by atoms with Crippen molar-refractivity contribution in [2.75, 3.05) is 19.8 Å². The summed E-state index contributed by atoms with van der Waals surface area (Å²) < 4.78 is 11.3. The van der Waals surface area contributed by atoms with E-state index in [1.54, 1.807) is 12.1 Å². The molecule has 126 valence electrons. The molecule has 0 spiro atoms. The standard InChI is InChI=1S/C18H26N2O3/c1-18(12-19,14-7-8-14)20-17(21)13-4-2-5-15(10-13)23-11-16-6-3-9-22-16/h2,4-5,10,14,16H,3,6-9,11-12,19H2,1H3,(H,20,21). The number of rotatable bonds is 7. The lowest BCUT2D eigenvalue weighted by atomic mass is 9.95. The summed E-state index contributed by atoms with van der Waals surface area (Å²) in [7, 11) is 0. The third-order valence-corrected chi connectivity index (χ3v) is 4.86. The Labute approximate surface area is 137 Å². The summed E-state index contributed by atoms with van der Waals surface area (Å²) in [6, 6.07) is 7.30. The highest BCUT2D eigenvalue weighted by Gasteiger charge is 2.41. The van der Waals surface area contributed by atoms with Crippen molar-refractivity contribution in [2.24, 2.45) is 11.7 Å². The van der Waals surface area contributed by atoms with E-state index in [9.17, 15) is 4.79 Å². The number of ether oxygens (including phenoxy) is 2. The molecule has 1 heterocycles. The maximum absolute atomic E-state index is 12.5. The van der Waals surface area contributed by atoms with Gasteiger partial charge >= 0.3 is 0 Å². The van der Waals surface area contributed by atoms with Crippen molar-refractivity contribution in [3.05, 3.63) is 29.8 Å². The minimum atomic E-state index is -0.314. The van der Waals surface area contributed by atoms with Crippen LogP contribution in [0.15, 0.2) is 24.3 Å². The second kappa shape index (κ2) is 6.89. The summed E-state index contributed by atoms with van der Waals surface area (Å²) in [5.41, 5.74) is 6.16. The molecule has 2 fully saturated rings. The van der Waals surface area contributed by atoms with E-state index in [0.717, 1.165) is 32.3 Å². The molecule has 2 aliphatic rings. The molecule has 1 saturated heterocycles. The highest BCUT2D eigenvalue weighted by Crippen LogP contribution is 2.39. The van der Waals surface area contributed by atoms with Gasteiger partial charge in [-0.25, -0.2) is 0 Å². The fourth-order valence-electron chi connectivity index (χ4n) is 3.06. The van der Waals surface area contributed by atoms with Gasteiger partial charge in [-0.1, -0.05) is 6.07 Å². The molecule has 1 aromatic carbocycles. The minimum absolute atomic E-state index is 0.0904. The van der Waals surface area contributed by atoms with Crippen LogP contribution >= 0.6 is 0 Å². The number of benzene rings is 1. The van der Waals surface area contributed by atoms with Crippen LogP contribution in [-0.2, 0) is 4.74 Å². The van der Waals surface area contributed by atoms with E-state index >= 15 is 0 Å². The van der Waals surface area contributed by atoms with E-state index in [2.05, 4.69) is 5.32 Å². The average Bonchev–Trinajstić information content (AvgIpc) is 3.31. The smallest absolute Gasteiger partial charge is 0.251 e. The van der Waals surface area contributed by atoms with Gasteiger partial charge in [0.2, 0.25) is 0 Å². The predicted octanol–water partition coefficient (Wildman–Crippen LogP) is 2.10. The Hall–Kier alpha value is -1.59. The number of carbonyl (C=O) groups excluding carboxylic acids is 1. The van der Waals surface area contributed by atoms with Crippen molar-refractivity contribution in [3.8, 4) is 5.75 Å². The lowest BCUT2D eigenvalue weighted by molar-refractivity contribution is 0.0679. The summed E-state index contributed by atoms with van der Waals surface area (Å²) >= 11 is 0. The molecule has 5 nitrogen and oxygen atoms in total. The van der Waals surface area contributed by atoms with Gasteiger partial charge in [0.05, 0.1) is 11.6 Å². The molecule has 3 rings (SSSR count). The molecule has 1 aromatic rings. The van der Waals surface area contributed by atoms with E-state index in [0.29, 0.717) is 30.4 Å². The number of hydrogen-bond donors (Lipinski definition) is 2. The highest BCUT2D eigenvalue weighted by molar-refractivity contribution is 5.95. The molecule has 3 N–H and O–H groups in total. The molecule has 1 aliphatic carbocycles. The zero-order chi connectivity index (χ0) is 16.3. The Morgan fingerprint density at radius 3 is 2.91 bits per heavy atom. The van der Waals surface area contributed by atoms with Gasteiger partial charge in [0, 0.05) is 18.7 Å². The van der Waals surface area contributed by atoms with E-state index in [-0.39, 0.29) is 17.6 Å². The average molecular weight is 318 g/mol. The Bertz CT molecular complexity index is 553. The van der Waals surface area contributed by atoms with Crippen molar-refractivity contribution >= 4 is 5.91 Å². The van der Waals surface area contributed by atoms with Crippen LogP contribution in [0, 0.1) is 5.92 Å². The zero-order valence-electron chi connectivity index (χ0n) is 13.7. The molecular weight excluding hydrogens is 292 g/mol. The van der Waals surface area contributed by atoms with Crippen molar-refractivity contribution in [3.63, 3.8) is 0 Å². The van der Waals surface area contributed by atoms with Gasteiger partial charge < -0.3 is 20.5 Å². The summed E-state index contributed by atoms with van der Waals surface area (Å²) in [5, 5.41) is 3.10. The predicted molar refractivity (Wildman–Crippen MR) is 88.6 cm³/mol. The highest BCUT2D eigenvalue weighted by atomic mass is 16.5. The van der Waals surface area contributed by atoms with Crippen LogP contribution in [0.2, 0.25) is 0 Å². The Morgan fingerprint density at radius 1 is 1.43 bits per heavy atom. The van der Waals surface area contributed by atoms with Gasteiger partial charge in [-0.3, -0.25) is 4.79 Å². The summed E-state index contributed by atoms with van der Waals surface area (Å²) in [6.45, 7) is 3.84. The summed E-state index contributed by atoms with van der Waals surface area (Å²) in [5.74, 6) is 1.11. The SMILES string of the molecule is CC(CN)(NC(=O)c1cccc(OCC2CCCO2)c1)C1CC1. The van der Waals surface area contributed by atoms with Crippen LogP contribution in [0.3, 0.4) is 0 Å². The maximum atomic E-state index is 12.5. The number of amides is 1. The minimum Gasteiger partial charge on any atom is -0.491 e. The largest absolute Gasteiger partial charge is 0.491 e. The molecule has 0 aromatic heterocycles. The van der Waals surface area contributed by atoms with E-state index in [1.807, 2.05) is 19.1 Å². The summed E-state index contributed by atoms with van der Waals surface area (Å²) in [6.07, 6.45) is 4.57. The molecule has 1 saturated carbocycles. The van der Waals surface area contributed by atoms with Gasteiger partial charge in [-0.05, 0) is 56.7 Å². The number of carbonyl (C=O) groups is 1. The first-order valence-electron chi connectivity index (χ1n) is 8.48. The third kappa shape index (κ3) is 4.03.